The highest BCUT2D eigenvalue weighted by Gasteiger charge is 1.95. The SMILES string of the molecule is C=C.Cc1cc(C)c(C)c(C)c1. The molecule has 0 nitrogen and oxygen atoms in total. The maximum Gasteiger partial charge on any atom is -0.0392 e. The van der Waals surface area contributed by atoms with Gasteiger partial charge in [0.25, 0.3) is 0 Å². The lowest BCUT2D eigenvalue weighted by Gasteiger charge is -2.04. The summed E-state index contributed by atoms with van der Waals surface area (Å²) in [6.07, 6.45) is 0. The van der Waals surface area contributed by atoms with Crippen LogP contribution in [0.3, 0.4) is 0 Å². The maximum absolute atomic E-state index is 3.00. The lowest BCUT2D eigenvalue weighted by molar-refractivity contribution is 1.23. The molecule has 1 aromatic rings. The van der Waals surface area contributed by atoms with Crippen molar-refractivity contribution in [2.24, 2.45) is 0 Å². The highest BCUT2D eigenvalue weighted by molar-refractivity contribution is 5.35. The van der Waals surface area contributed by atoms with Crippen molar-refractivity contribution in [3.8, 4) is 0 Å². The normalized spacial score (nSPS) is 8.67. The third-order valence-electron chi connectivity index (χ3n) is 2.07. The lowest BCUT2D eigenvalue weighted by Crippen LogP contribution is -1.86. The molecule has 1 aromatic carbocycles. The summed E-state index contributed by atoms with van der Waals surface area (Å²) in [5.41, 5.74) is 5.58. The second-order valence-electron chi connectivity index (χ2n) is 3.02. The minimum Gasteiger partial charge on any atom is -0.106 e. The van der Waals surface area contributed by atoms with Crippen LogP contribution in [-0.4, -0.2) is 0 Å². The van der Waals surface area contributed by atoms with Crippen molar-refractivity contribution in [3.05, 3.63) is 47.5 Å². The first-order chi connectivity index (χ1) is 5.61. The molecule has 0 aliphatic carbocycles. The van der Waals surface area contributed by atoms with Crippen LogP contribution in [0.15, 0.2) is 25.3 Å². The molecule has 0 unspecified atom stereocenters. The molecule has 0 heterocycles. The van der Waals surface area contributed by atoms with Crippen molar-refractivity contribution in [3.63, 3.8) is 0 Å². The van der Waals surface area contributed by atoms with Crippen LogP contribution in [0.2, 0.25) is 0 Å². The number of rotatable bonds is 0. The van der Waals surface area contributed by atoms with Crippen LogP contribution in [0.25, 0.3) is 0 Å². The average molecular weight is 162 g/mol. The van der Waals surface area contributed by atoms with Gasteiger partial charge in [0.15, 0.2) is 0 Å². The van der Waals surface area contributed by atoms with Gasteiger partial charge in [-0.3, -0.25) is 0 Å². The van der Waals surface area contributed by atoms with Gasteiger partial charge in [0.1, 0.15) is 0 Å². The first-order valence-electron chi connectivity index (χ1n) is 4.15. The van der Waals surface area contributed by atoms with Gasteiger partial charge in [-0.25, -0.2) is 0 Å². The lowest BCUT2D eigenvalue weighted by atomic mass is 10.0. The van der Waals surface area contributed by atoms with Crippen LogP contribution in [0.1, 0.15) is 22.3 Å². The predicted molar refractivity (Wildman–Crippen MR) is 56.6 cm³/mol. The van der Waals surface area contributed by atoms with E-state index in [0.717, 1.165) is 0 Å². The molecule has 0 spiro atoms. The fraction of sp³-hybridized carbons (Fsp3) is 0.333. The third-order valence-corrected chi connectivity index (χ3v) is 2.07. The molecule has 0 N–H and O–H groups in total. The fourth-order valence-corrected chi connectivity index (χ4v) is 1.25. The molecule has 66 valence electrons. The molecular formula is C12H18. The first kappa shape index (κ1) is 11.0. The number of hydrogen-bond donors (Lipinski definition) is 0. The van der Waals surface area contributed by atoms with E-state index in [0.29, 0.717) is 0 Å². The van der Waals surface area contributed by atoms with Crippen molar-refractivity contribution in [2.45, 2.75) is 27.7 Å². The van der Waals surface area contributed by atoms with Crippen LogP contribution >= 0.6 is 0 Å². The summed E-state index contributed by atoms with van der Waals surface area (Å²) in [4.78, 5) is 0. The molecule has 0 bridgehead atoms. The van der Waals surface area contributed by atoms with Crippen LogP contribution in [-0.2, 0) is 0 Å². The zero-order valence-corrected chi connectivity index (χ0v) is 8.57. The second kappa shape index (κ2) is 4.76. The Morgan fingerprint density at radius 1 is 0.833 bits per heavy atom. The van der Waals surface area contributed by atoms with Gasteiger partial charge >= 0.3 is 0 Å². The molecule has 0 saturated carbocycles. The van der Waals surface area contributed by atoms with E-state index in [9.17, 15) is 0 Å². The van der Waals surface area contributed by atoms with E-state index in [-0.39, 0.29) is 0 Å². The second-order valence-corrected chi connectivity index (χ2v) is 3.02. The maximum atomic E-state index is 3.00. The van der Waals surface area contributed by atoms with E-state index >= 15 is 0 Å². The smallest absolute Gasteiger partial charge is 0.0392 e. The molecule has 0 aliphatic heterocycles. The minimum atomic E-state index is 1.36. The number of benzene rings is 1. The van der Waals surface area contributed by atoms with Gasteiger partial charge in [-0.1, -0.05) is 17.7 Å². The van der Waals surface area contributed by atoms with E-state index < -0.39 is 0 Å². The van der Waals surface area contributed by atoms with Crippen molar-refractivity contribution in [1.82, 2.24) is 0 Å². The summed E-state index contributed by atoms with van der Waals surface area (Å²) in [6.45, 7) is 14.6. The molecule has 0 atom stereocenters. The Balaban J connectivity index is 0.000000561. The molecule has 0 fully saturated rings. The van der Waals surface area contributed by atoms with Gasteiger partial charge in [0.05, 0.1) is 0 Å². The van der Waals surface area contributed by atoms with E-state index in [2.05, 4.69) is 53.0 Å². The molecule has 0 radical (unpaired) electrons. The van der Waals surface area contributed by atoms with Gasteiger partial charge in [0, 0.05) is 0 Å². The Bertz CT molecular complexity index is 236. The van der Waals surface area contributed by atoms with Crippen LogP contribution < -0.4 is 0 Å². The predicted octanol–water partition coefficient (Wildman–Crippen LogP) is 3.72. The molecular weight excluding hydrogens is 144 g/mol. The van der Waals surface area contributed by atoms with Crippen LogP contribution in [0.5, 0.6) is 0 Å². The molecule has 0 saturated heterocycles. The van der Waals surface area contributed by atoms with Crippen molar-refractivity contribution < 1.29 is 0 Å². The Morgan fingerprint density at radius 2 is 1.17 bits per heavy atom. The van der Waals surface area contributed by atoms with E-state index in [4.69, 9.17) is 0 Å². The molecule has 0 heteroatoms. The van der Waals surface area contributed by atoms with Gasteiger partial charge in [0.2, 0.25) is 0 Å². The third kappa shape index (κ3) is 2.54. The molecule has 0 aromatic heterocycles. The van der Waals surface area contributed by atoms with Crippen LogP contribution in [0, 0.1) is 27.7 Å². The highest BCUT2D eigenvalue weighted by Crippen LogP contribution is 2.13. The Morgan fingerprint density at radius 3 is 1.50 bits per heavy atom. The van der Waals surface area contributed by atoms with Gasteiger partial charge in [-0.05, 0) is 44.4 Å². The summed E-state index contributed by atoms with van der Waals surface area (Å²) in [5.74, 6) is 0. The van der Waals surface area contributed by atoms with Gasteiger partial charge in [-0.15, -0.1) is 13.2 Å². The monoisotopic (exact) mass is 162 g/mol. The topological polar surface area (TPSA) is 0 Å². The molecule has 0 aliphatic rings. The number of hydrogen-bond acceptors (Lipinski definition) is 0. The van der Waals surface area contributed by atoms with Crippen LogP contribution in [0.4, 0.5) is 0 Å². The van der Waals surface area contributed by atoms with E-state index in [1.165, 1.54) is 22.3 Å². The average Bonchev–Trinajstić information content (AvgIpc) is 2.04. The fourth-order valence-electron chi connectivity index (χ4n) is 1.25. The van der Waals surface area contributed by atoms with Gasteiger partial charge in [-0.2, -0.15) is 0 Å². The summed E-state index contributed by atoms with van der Waals surface area (Å²) in [7, 11) is 0. The highest BCUT2D eigenvalue weighted by atomic mass is 14.0. The number of aryl methyl sites for hydroxylation is 3. The quantitative estimate of drug-likeness (QED) is 0.510. The Hall–Kier alpha value is -1.04. The standard InChI is InChI=1S/C10H14.C2H4/c1-7-5-8(2)10(4)9(3)6-7;1-2/h5-6H,1-4H3;1-2H2. The molecule has 0 amide bonds. The van der Waals surface area contributed by atoms with E-state index in [1.54, 1.807) is 0 Å². The Kier molecular flexibility index (Phi) is 4.35. The summed E-state index contributed by atoms with van der Waals surface area (Å²) >= 11 is 0. The van der Waals surface area contributed by atoms with Crippen molar-refractivity contribution >= 4 is 0 Å². The molecule has 1 rings (SSSR count). The van der Waals surface area contributed by atoms with E-state index in [1.807, 2.05) is 0 Å². The zero-order chi connectivity index (χ0) is 9.72. The van der Waals surface area contributed by atoms with Gasteiger partial charge < -0.3 is 0 Å². The zero-order valence-electron chi connectivity index (χ0n) is 8.57. The summed E-state index contributed by atoms with van der Waals surface area (Å²) < 4.78 is 0. The first-order valence-corrected chi connectivity index (χ1v) is 4.15. The minimum absolute atomic E-state index is 1.36. The van der Waals surface area contributed by atoms with Crippen molar-refractivity contribution in [1.29, 1.82) is 0 Å². The van der Waals surface area contributed by atoms with Crippen molar-refractivity contribution in [2.75, 3.05) is 0 Å². The summed E-state index contributed by atoms with van der Waals surface area (Å²) in [6, 6.07) is 4.45. The summed E-state index contributed by atoms with van der Waals surface area (Å²) in [5, 5.41) is 0. The molecule has 12 heavy (non-hydrogen) atoms. The largest absolute Gasteiger partial charge is 0.106 e. The Labute approximate surface area is 75.9 Å².